The maximum Gasteiger partial charge on any atom is 0.289 e. The van der Waals surface area contributed by atoms with Gasteiger partial charge in [-0.05, 0) is 43.9 Å². The molecule has 0 fully saturated rings. The Morgan fingerprint density at radius 1 is 1.10 bits per heavy atom. The minimum Gasteiger partial charge on any atom is -0.337 e. The molecule has 4 rings (SSSR count). The number of aromatic nitrogens is 2. The predicted octanol–water partition coefficient (Wildman–Crippen LogP) is 3.44. The molecule has 0 unspecified atom stereocenters. The number of aryl methyl sites for hydroxylation is 3. The second-order valence-corrected chi connectivity index (χ2v) is 7.30. The second-order valence-electron chi connectivity index (χ2n) is 7.30. The fourth-order valence-corrected chi connectivity index (χ4v) is 3.43. The standard InChI is InChI=1S/C23H22N4O2/c1-14-7-9-17(10-8-14)20-15(2)13-24-21(27-20)23(29)26-19-12-11-16-5-3-4-6-18(16)25-22(19)28/h3-10,13,19H,11-12H2,1-2H3,(H,25,28)(H,26,29)/t19-/m0/s1. The minimum absolute atomic E-state index is 0.0562. The third-order valence-electron chi connectivity index (χ3n) is 5.10. The van der Waals surface area contributed by atoms with Crippen LogP contribution in [0.25, 0.3) is 11.3 Å². The van der Waals surface area contributed by atoms with Gasteiger partial charge in [0.1, 0.15) is 6.04 Å². The van der Waals surface area contributed by atoms with Crippen LogP contribution in [0.15, 0.2) is 54.7 Å². The molecule has 0 aliphatic carbocycles. The van der Waals surface area contributed by atoms with Gasteiger partial charge in [0.2, 0.25) is 11.7 Å². The Kier molecular flexibility index (Phi) is 5.08. The number of benzene rings is 2. The lowest BCUT2D eigenvalue weighted by Gasteiger charge is -2.15. The van der Waals surface area contributed by atoms with Gasteiger partial charge in [0.05, 0.1) is 5.69 Å². The van der Waals surface area contributed by atoms with E-state index >= 15 is 0 Å². The van der Waals surface area contributed by atoms with E-state index in [1.54, 1.807) is 6.20 Å². The highest BCUT2D eigenvalue weighted by Gasteiger charge is 2.26. The monoisotopic (exact) mass is 386 g/mol. The highest BCUT2D eigenvalue weighted by molar-refractivity contribution is 6.00. The van der Waals surface area contributed by atoms with Crippen molar-refractivity contribution in [2.45, 2.75) is 32.7 Å². The van der Waals surface area contributed by atoms with E-state index in [0.717, 1.165) is 27.9 Å². The summed E-state index contributed by atoms with van der Waals surface area (Å²) in [5.41, 5.74) is 5.52. The molecule has 6 nitrogen and oxygen atoms in total. The van der Waals surface area contributed by atoms with Gasteiger partial charge in [-0.25, -0.2) is 9.97 Å². The molecule has 1 atom stereocenters. The summed E-state index contributed by atoms with van der Waals surface area (Å²) >= 11 is 0. The van der Waals surface area contributed by atoms with Crippen LogP contribution in [-0.4, -0.2) is 27.8 Å². The van der Waals surface area contributed by atoms with Crippen molar-refractivity contribution in [3.8, 4) is 11.3 Å². The highest BCUT2D eigenvalue weighted by Crippen LogP contribution is 2.23. The summed E-state index contributed by atoms with van der Waals surface area (Å²) in [6.45, 7) is 3.93. The Hall–Kier alpha value is -3.54. The molecule has 0 bridgehead atoms. The molecule has 1 aliphatic rings. The molecule has 1 aromatic heterocycles. The Morgan fingerprint density at radius 3 is 2.66 bits per heavy atom. The number of anilines is 1. The molecule has 146 valence electrons. The molecule has 0 spiro atoms. The van der Waals surface area contributed by atoms with E-state index in [2.05, 4.69) is 20.6 Å². The summed E-state index contributed by atoms with van der Waals surface area (Å²) in [6.07, 6.45) is 2.86. The third-order valence-corrected chi connectivity index (χ3v) is 5.10. The number of nitrogens with one attached hydrogen (secondary N) is 2. The van der Waals surface area contributed by atoms with Crippen molar-refractivity contribution in [3.05, 3.63) is 77.2 Å². The first kappa shape index (κ1) is 18.8. The van der Waals surface area contributed by atoms with E-state index in [1.807, 2.05) is 62.4 Å². The summed E-state index contributed by atoms with van der Waals surface area (Å²) in [5.74, 6) is -0.626. The van der Waals surface area contributed by atoms with Gasteiger partial charge in [-0.15, -0.1) is 0 Å². The van der Waals surface area contributed by atoms with Gasteiger partial charge in [-0.2, -0.15) is 0 Å². The van der Waals surface area contributed by atoms with Crippen LogP contribution < -0.4 is 10.6 Å². The highest BCUT2D eigenvalue weighted by atomic mass is 16.2. The Bertz CT molecular complexity index is 1080. The number of carbonyl (C=O) groups is 2. The van der Waals surface area contributed by atoms with E-state index in [9.17, 15) is 9.59 Å². The summed E-state index contributed by atoms with van der Waals surface area (Å²) in [6, 6.07) is 15.0. The van der Waals surface area contributed by atoms with Crippen LogP contribution in [0.2, 0.25) is 0 Å². The first-order chi connectivity index (χ1) is 14.0. The lowest BCUT2D eigenvalue weighted by Crippen LogP contribution is -2.43. The fourth-order valence-electron chi connectivity index (χ4n) is 3.43. The number of para-hydroxylation sites is 1. The predicted molar refractivity (Wildman–Crippen MR) is 112 cm³/mol. The Labute approximate surface area is 169 Å². The summed E-state index contributed by atoms with van der Waals surface area (Å²) < 4.78 is 0. The quantitative estimate of drug-likeness (QED) is 0.722. The van der Waals surface area contributed by atoms with Gasteiger partial charge in [0, 0.05) is 17.4 Å². The van der Waals surface area contributed by atoms with Gasteiger partial charge in [0.25, 0.3) is 5.91 Å². The van der Waals surface area contributed by atoms with Gasteiger partial charge < -0.3 is 10.6 Å². The maximum atomic E-state index is 12.8. The van der Waals surface area contributed by atoms with Crippen molar-refractivity contribution in [1.29, 1.82) is 0 Å². The SMILES string of the molecule is Cc1ccc(-c2nc(C(=O)N[C@H]3CCc4ccccc4NC3=O)ncc2C)cc1. The Balaban J connectivity index is 1.54. The molecule has 29 heavy (non-hydrogen) atoms. The smallest absolute Gasteiger partial charge is 0.289 e. The maximum absolute atomic E-state index is 12.8. The Morgan fingerprint density at radius 2 is 1.86 bits per heavy atom. The van der Waals surface area contributed by atoms with Gasteiger partial charge in [0.15, 0.2) is 0 Å². The van der Waals surface area contributed by atoms with Crippen molar-refractivity contribution in [2.75, 3.05) is 5.32 Å². The molecule has 0 radical (unpaired) electrons. The van der Waals surface area contributed by atoms with Gasteiger partial charge in [-0.1, -0.05) is 48.0 Å². The van der Waals surface area contributed by atoms with Crippen molar-refractivity contribution < 1.29 is 9.59 Å². The third kappa shape index (κ3) is 4.01. The lowest BCUT2D eigenvalue weighted by atomic mass is 10.1. The number of hydrogen-bond donors (Lipinski definition) is 2. The largest absolute Gasteiger partial charge is 0.337 e. The minimum atomic E-state index is -0.636. The van der Waals surface area contributed by atoms with E-state index in [-0.39, 0.29) is 11.7 Å². The average Bonchev–Trinajstić information content (AvgIpc) is 2.88. The van der Waals surface area contributed by atoms with Crippen LogP contribution >= 0.6 is 0 Å². The first-order valence-electron chi connectivity index (χ1n) is 9.61. The topological polar surface area (TPSA) is 84.0 Å². The van der Waals surface area contributed by atoms with E-state index in [1.165, 1.54) is 0 Å². The molecular formula is C23H22N4O2. The molecule has 2 amide bonds. The van der Waals surface area contributed by atoms with Crippen LogP contribution in [0.5, 0.6) is 0 Å². The van der Waals surface area contributed by atoms with Crippen molar-refractivity contribution in [3.63, 3.8) is 0 Å². The molecule has 2 N–H and O–H groups in total. The van der Waals surface area contributed by atoms with Crippen LogP contribution in [0.1, 0.15) is 33.7 Å². The normalized spacial score (nSPS) is 15.8. The number of fused-ring (bicyclic) bond motifs is 1. The zero-order chi connectivity index (χ0) is 20.4. The zero-order valence-electron chi connectivity index (χ0n) is 16.4. The van der Waals surface area contributed by atoms with Crippen molar-refractivity contribution in [2.24, 2.45) is 0 Å². The molecule has 0 saturated carbocycles. The fraction of sp³-hybridized carbons (Fsp3) is 0.217. The van der Waals surface area contributed by atoms with E-state index in [4.69, 9.17) is 0 Å². The molecule has 0 saturated heterocycles. The van der Waals surface area contributed by atoms with Crippen molar-refractivity contribution >= 4 is 17.5 Å². The number of amides is 2. The first-order valence-corrected chi connectivity index (χ1v) is 9.61. The summed E-state index contributed by atoms with van der Waals surface area (Å²) in [7, 11) is 0. The van der Waals surface area contributed by atoms with E-state index < -0.39 is 11.9 Å². The van der Waals surface area contributed by atoms with Gasteiger partial charge >= 0.3 is 0 Å². The van der Waals surface area contributed by atoms with Crippen LogP contribution in [-0.2, 0) is 11.2 Å². The van der Waals surface area contributed by atoms with Gasteiger partial charge in [-0.3, -0.25) is 9.59 Å². The zero-order valence-corrected chi connectivity index (χ0v) is 16.4. The second kappa shape index (κ2) is 7.83. The van der Waals surface area contributed by atoms with E-state index in [0.29, 0.717) is 18.5 Å². The molecule has 3 aromatic rings. The molecule has 2 heterocycles. The molecule has 1 aliphatic heterocycles. The van der Waals surface area contributed by atoms with Crippen LogP contribution in [0, 0.1) is 13.8 Å². The number of rotatable bonds is 3. The van der Waals surface area contributed by atoms with Crippen molar-refractivity contribution in [1.82, 2.24) is 15.3 Å². The summed E-state index contributed by atoms with van der Waals surface area (Å²) in [5, 5.41) is 5.68. The summed E-state index contributed by atoms with van der Waals surface area (Å²) in [4.78, 5) is 34.0. The number of carbonyl (C=O) groups excluding carboxylic acids is 2. The molecule has 2 aromatic carbocycles. The number of nitrogens with zero attached hydrogens (tertiary/aromatic N) is 2. The van der Waals surface area contributed by atoms with Crippen LogP contribution in [0.4, 0.5) is 5.69 Å². The molecular weight excluding hydrogens is 364 g/mol. The van der Waals surface area contributed by atoms with Crippen LogP contribution in [0.3, 0.4) is 0 Å². The molecule has 6 heteroatoms. The number of hydrogen-bond acceptors (Lipinski definition) is 4. The lowest BCUT2D eigenvalue weighted by molar-refractivity contribution is -0.118. The average molecular weight is 386 g/mol.